The summed E-state index contributed by atoms with van der Waals surface area (Å²) in [5.74, 6) is -2.75. The van der Waals surface area contributed by atoms with Gasteiger partial charge in [0.25, 0.3) is 5.91 Å². The number of nitrogens with zero attached hydrogens (tertiary/aromatic N) is 1. The fraction of sp³-hybridized carbons (Fsp3) is 0.267. The molecule has 5 nitrogen and oxygen atoms in total. The molecule has 134 valence electrons. The predicted molar refractivity (Wildman–Crippen MR) is 90.3 cm³/mol. The number of anilines is 2. The summed E-state index contributed by atoms with van der Waals surface area (Å²) < 4.78 is 37.5. The fourth-order valence-corrected chi connectivity index (χ4v) is 3.15. The predicted octanol–water partition coefficient (Wildman–Crippen LogP) is 4.67. The molecular weight excluding hydrogens is 379 g/mol. The summed E-state index contributed by atoms with van der Waals surface area (Å²) in [6, 6.07) is 2.96. The highest BCUT2D eigenvalue weighted by Gasteiger charge is 2.39. The molecular formula is C15H13ClF3N3O2S. The molecule has 0 spiro atoms. The number of aromatic nitrogens is 1. The summed E-state index contributed by atoms with van der Waals surface area (Å²) >= 11 is 6.57. The number of rotatable bonds is 4. The molecule has 2 N–H and O–H groups in total. The minimum absolute atomic E-state index is 0.0191. The molecule has 2 amide bonds. The Kier molecular flexibility index (Phi) is 5.69. The van der Waals surface area contributed by atoms with E-state index in [9.17, 15) is 22.8 Å². The van der Waals surface area contributed by atoms with E-state index in [2.05, 4.69) is 10.3 Å². The third-order valence-corrected chi connectivity index (χ3v) is 4.26. The number of amides is 2. The summed E-state index contributed by atoms with van der Waals surface area (Å²) in [5.41, 5.74) is 0.503. The number of pyridine rings is 1. The lowest BCUT2D eigenvalue weighted by molar-refractivity contribution is -0.167. The fourth-order valence-electron chi connectivity index (χ4n) is 1.92. The summed E-state index contributed by atoms with van der Waals surface area (Å²) in [4.78, 5) is 27.6. The Bertz CT molecular complexity index is 788. The van der Waals surface area contributed by atoms with Gasteiger partial charge >= 0.3 is 12.1 Å². The average molecular weight is 392 g/mol. The minimum Gasteiger partial charge on any atom is -0.309 e. The van der Waals surface area contributed by atoms with Gasteiger partial charge in [0.05, 0.1) is 10.6 Å². The first-order valence-corrected chi connectivity index (χ1v) is 8.27. The molecule has 0 unspecified atom stereocenters. The van der Waals surface area contributed by atoms with Crippen LogP contribution in [0.15, 0.2) is 23.7 Å². The molecule has 0 saturated carbocycles. The highest BCUT2D eigenvalue weighted by molar-refractivity contribution is 7.15. The topological polar surface area (TPSA) is 71.1 Å². The summed E-state index contributed by atoms with van der Waals surface area (Å²) in [6.45, 7) is 3.57. The molecule has 0 atom stereocenters. The SMILES string of the molecule is CC(C)c1csc(NC(=O)C(F)(F)F)c1C(=O)Nc1ccc(Cl)cn1. The van der Waals surface area contributed by atoms with Gasteiger partial charge in [-0.2, -0.15) is 13.2 Å². The van der Waals surface area contributed by atoms with Crippen LogP contribution in [-0.4, -0.2) is 23.0 Å². The van der Waals surface area contributed by atoms with E-state index in [1.807, 2.05) is 0 Å². The number of nitrogens with one attached hydrogen (secondary N) is 2. The van der Waals surface area contributed by atoms with Gasteiger partial charge in [-0.15, -0.1) is 11.3 Å². The van der Waals surface area contributed by atoms with Crippen LogP contribution in [0.1, 0.15) is 35.7 Å². The number of hydrogen-bond donors (Lipinski definition) is 2. The third-order valence-electron chi connectivity index (χ3n) is 3.12. The first-order chi connectivity index (χ1) is 11.6. The summed E-state index contributed by atoms with van der Waals surface area (Å²) in [6.07, 6.45) is -3.73. The van der Waals surface area contributed by atoms with Crippen molar-refractivity contribution in [1.82, 2.24) is 4.98 Å². The average Bonchev–Trinajstić information content (AvgIpc) is 2.92. The van der Waals surface area contributed by atoms with Crippen LogP contribution >= 0.6 is 22.9 Å². The Morgan fingerprint density at radius 2 is 1.92 bits per heavy atom. The molecule has 0 aliphatic rings. The van der Waals surface area contributed by atoms with E-state index in [-0.39, 0.29) is 22.3 Å². The van der Waals surface area contributed by atoms with E-state index in [4.69, 9.17) is 11.6 Å². The Hall–Kier alpha value is -2.13. The van der Waals surface area contributed by atoms with Crippen LogP contribution in [0.3, 0.4) is 0 Å². The Morgan fingerprint density at radius 1 is 1.24 bits per heavy atom. The zero-order chi connectivity index (χ0) is 18.8. The van der Waals surface area contributed by atoms with Gasteiger partial charge in [-0.1, -0.05) is 25.4 Å². The molecule has 0 aromatic carbocycles. The smallest absolute Gasteiger partial charge is 0.309 e. The molecule has 25 heavy (non-hydrogen) atoms. The molecule has 2 aromatic heterocycles. The molecule has 2 heterocycles. The first-order valence-electron chi connectivity index (χ1n) is 7.02. The second kappa shape index (κ2) is 7.40. The molecule has 0 aliphatic carbocycles. The van der Waals surface area contributed by atoms with Crippen molar-refractivity contribution in [1.29, 1.82) is 0 Å². The number of alkyl halides is 3. The van der Waals surface area contributed by atoms with Crippen molar-refractivity contribution >= 4 is 45.6 Å². The van der Waals surface area contributed by atoms with Crippen LogP contribution in [0.4, 0.5) is 24.0 Å². The van der Waals surface area contributed by atoms with Gasteiger partial charge in [-0.05, 0) is 29.0 Å². The largest absolute Gasteiger partial charge is 0.471 e. The van der Waals surface area contributed by atoms with Crippen molar-refractivity contribution in [3.8, 4) is 0 Å². The van der Waals surface area contributed by atoms with Crippen LogP contribution < -0.4 is 10.6 Å². The van der Waals surface area contributed by atoms with Gasteiger partial charge in [-0.25, -0.2) is 4.98 Å². The van der Waals surface area contributed by atoms with Gasteiger partial charge in [0.1, 0.15) is 10.8 Å². The number of carbonyl (C=O) groups excluding carboxylic acids is 2. The van der Waals surface area contributed by atoms with Gasteiger partial charge in [-0.3, -0.25) is 9.59 Å². The monoisotopic (exact) mass is 391 g/mol. The van der Waals surface area contributed by atoms with Crippen molar-refractivity contribution in [3.05, 3.63) is 39.9 Å². The van der Waals surface area contributed by atoms with Gasteiger partial charge in [0.15, 0.2) is 0 Å². The third kappa shape index (κ3) is 4.70. The highest BCUT2D eigenvalue weighted by atomic mass is 35.5. The zero-order valence-electron chi connectivity index (χ0n) is 13.1. The van der Waals surface area contributed by atoms with Crippen molar-refractivity contribution in [2.75, 3.05) is 10.6 Å². The number of hydrogen-bond acceptors (Lipinski definition) is 4. The number of carbonyl (C=O) groups is 2. The Morgan fingerprint density at radius 3 is 2.44 bits per heavy atom. The molecule has 0 bridgehead atoms. The van der Waals surface area contributed by atoms with E-state index >= 15 is 0 Å². The molecule has 10 heteroatoms. The Balaban J connectivity index is 2.33. The first kappa shape index (κ1) is 19.2. The van der Waals surface area contributed by atoms with Crippen LogP contribution in [0.5, 0.6) is 0 Å². The zero-order valence-corrected chi connectivity index (χ0v) is 14.6. The second-order valence-corrected chi connectivity index (χ2v) is 6.63. The standard InChI is InChI=1S/C15H13ClF3N3O2S/c1-7(2)9-6-25-13(22-14(24)15(17,18)19)11(9)12(23)21-10-4-3-8(16)5-20-10/h3-7H,1-2H3,(H,22,24)(H,20,21,23). The van der Waals surface area contributed by atoms with E-state index < -0.39 is 18.0 Å². The van der Waals surface area contributed by atoms with Gasteiger partial charge in [0, 0.05) is 6.20 Å². The van der Waals surface area contributed by atoms with Crippen LogP contribution in [0, 0.1) is 0 Å². The quantitative estimate of drug-likeness (QED) is 0.795. The van der Waals surface area contributed by atoms with Gasteiger partial charge < -0.3 is 10.6 Å². The lowest BCUT2D eigenvalue weighted by Crippen LogP contribution is -2.30. The van der Waals surface area contributed by atoms with Gasteiger partial charge in [0.2, 0.25) is 0 Å². The summed E-state index contributed by atoms with van der Waals surface area (Å²) in [5, 5.41) is 5.98. The summed E-state index contributed by atoms with van der Waals surface area (Å²) in [7, 11) is 0. The van der Waals surface area contributed by atoms with Crippen molar-refractivity contribution in [2.24, 2.45) is 0 Å². The van der Waals surface area contributed by atoms with Crippen molar-refractivity contribution < 1.29 is 22.8 Å². The molecule has 0 radical (unpaired) electrons. The Labute approximate surface area is 150 Å². The molecule has 0 saturated heterocycles. The van der Waals surface area contributed by atoms with E-state index in [1.54, 1.807) is 24.5 Å². The van der Waals surface area contributed by atoms with Crippen LogP contribution in [0.2, 0.25) is 5.02 Å². The highest BCUT2D eigenvalue weighted by Crippen LogP contribution is 2.34. The second-order valence-electron chi connectivity index (χ2n) is 5.32. The maximum atomic E-state index is 12.5. The normalized spacial score (nSPS) is 11.5. The minimum atomic E-state index is -5.05. The lowest BCUT2D eigenvalue weighted by atomic mass is 10.0. The molecule has 2 aromatic rings. The maximum absolute atomic E-state index is 12.5. The molecule has 0 aliphatic heterocycles. The molecule has 2 rings (SSSR count). The van der Waals surface area contributed by atoms with Crippen molar-refractivity contribution in [2.45, 2.75) is 25.9 Å². The van der Waals surface area contributed by atoms with Crippen molar-refractivity contribution in [3.63, 3.8) is 0 Å². The lowest BCUT2D eigenvalue weighted by Gasteiger charge is -2.12. The number of thiophene rings is 1. The van der Waals surface area contributed by atoms with E-state index in [0.717, 1.165) is 11.3 Å². The number of halogens is 4. The molecule has 0 fully saturated rings. The maximum Gasteiger partial charge on any atom is 0.471 e. The van der Waals surface area contributed by atoms with Crippen LogP contribution in [-0.2, 0) is 4.79 Å². The van der Waals surface area contributed by atoms with E-state index in [0.29, 0.717) is 10.6 Å². The van der Waals surface area contributed by atoms with Crippen LogP contribution in [0.25, 0.3) is 0 Å². The van der Waals surface area contributed by atoms with E-state index in [1.165, 1.54) is 18.3 Å².